The van der Waals surface area contributed by atoms with Crippen molar-refractivity contribution in [3.8, 4) is 0 Å². The average molecular weight is 235 g/mol. The Labute approximate surface area is 88.4 Å². The van der Waals surface area contributed by atoms with E-state index in [1.165, 1.54) is 6.07 Å². The molecule has 0 spiro atoms. The van der Waals surface area contributed by atoms with Gasteiger partial charge in [0.05, 0.1) is 11.9 Å². The second-order valence-corrected chi connectivity index (χ2v) is 5.21. The largest absolute Gasteiger partial charge is 0.283 e. The molecule has 14 heavy (non-hydrogen) atoms. The van der Waals surface area contributed by atoms with Gasteiger partial charge < -0.3 is 0 Å². The standard InChI is InChI=1S/C8H11ClN2O2S/c1-5-6(2)10-8(9)4-7(5)11-14(3,12)13/h4H,1-3H3,(H,10,11). The summed E-state index contributed by atoms with van der Waals surface area (Å²) in [6.45, 7) is 3.56. The Balaban J connectivity index is 3.22. The molecule has 0 fully saturated rings. The third-order valence-electron chi connectivity index (χ3n) is 1.78. The summed E-state index contributed by atoms with van der Waals surface area (Å²) in [6, 6.07) is 1.49. The molecule has 0 unspecified atom stereocenters. The maximum atomic E-state index is 11.0. The summed E-state index contributed by atoms with van der Waals surface area (Å²) < 4.78 is 24.4. The van der Waals surface area contributed by atoms with Crippen LogP contribution in [0.3, 0.4) is 0 Å². The number of aromatic nitrogens is 1. The Morgan fingerprint density at radius 1 is 1.43 bits per heavy atom. The maximum absolute atomic E-state index is 11.0. The van der Waals surface area contributed by atoms with Gasteiger partial charge in [0.1, 0.15) is 5.15 Å². The molecule has 1 aromatic heterocycles. The van der Waals surface area contributed by atoms with Crippen LogP contribution in [0.4, 0.5) is 5.69 Å². The first-order valence-electron chi connectivity index (χ1n) is 3.91. The van der Waals surface area contributed by atoms with E-state index < -0.39 is 10.0 Å². The van der Waals surface area contributed by atoms with Crippen LogP contribution in [-0.2, 0) is 10.0 Å². The molecule has 0 aliphatic rings. The van der Waals surface area contributed by atoms with E-state index in [-0.39, 0.29) is 5.15 Å². The predicted octanol–water partition coefficient (Wildman–Crippen LogP) is 1.72. The fourth-order valence-electron chi connectivity index (χ4n) is 1.00. The Morgan fingerprint density at radius 2 is 2.00 bits per heavy atom. The molecule has 0 amide bonds. The predicted molar refractivity (Wildman–Crippen MR) is 57.2 cm³/mol. The summed E-state index contributed by atoms with van der Waals surface area (Å²) in [5, 5.41) is 0.277. The summed E-state index contributed by atoms with van der Waals surface area (Å²) in [7, 11) is -3.27. The number of anilines is 1. The molecule has 0 atom stereocenters. The molecule has 0 bridgehead atoms. The third-order valence-corrected chi connectivity index (χ3v) is 2.56. The Hall–Kier alpha value is -0.810. The highest BCUT2D eigenvalue weighted by Crippen LogP contribution is 2.21. The van der Waals surface area contributed by atoms with Crippen molar-refractivity contribution >= 4 is 27.3 Å². The number of nitrogens with one attached hydrogen (secondary N) is 1. The number of hydrogen-bond acceptors (Lipinski definition) is 3. The average Bonchev–Trinajstić information content (AvgIpc) is 1.96. The molecule has 6 heteroatoms. The van der Waals surface area contributed by atoms with Crippen molar-refractivity contribution in [1.82, 2.24) is 4.98 Å². The lowest BCUT2D eigenvalue weighted by Gasteiger charge is -2.09. The molecule has 0 aliphatic carbocycles. The second-order valence-electron chi connectivity index (χ2n) is 3.08. The zero-order valence-electron chi connectivity index (χ0n) is 8.13. The highest BCUT2D eigenvalue weighted by Gasteiger charge is 2.08. The summed E-state index contributed by atoms with van der Waals surface area (Å²) in [5.41, 5.74) is 1.97. The van der Waals surface area contributed by atoms with Crippen LogP contribution in [0, 0.1) is 13.8 Å². The summed E-state index contributed by atoms with van der Waals surface area (Å²) in [5.74, 6) is 0. The van der Waals surface area contributed by atoms with Crippen molar-refractivity contribution < 1.29 is 8.42 Å². The van der Waals surface area contributed by atoms with Crippen molar-refractivity contribution in [3.63, 3.8) is 0 Å². The van der Waals surface area contributed by atoms with Crippen LogP contribution in [0.1, 0.15) is 11.3 Å². The van der Waals surface area contributed by atoms with Gasteiger partial charge in [-0.3, -0.25) is 4.72 Å². The van der Waals surface area contributed by atoms with Gasteiger partial charge in [-0.1, -0.05) is 11.6 Å². The van der Waals surface area contributed by atoms with Crippen LogP contribution in [0.2, 0.25) is 5.15 Å². The maximum Gasteiger partial charge on any atom is 0.229 e. The van der Waals surface area contributed by atoms with Gasteiger partial charge in [-0.25, -0.2) is 13.4 Å². The molecular formula is C8H11ClN2O2S. The SMILES string of the molecule is Cc1nc(Cl)cc(NS(C)(=O)=O)c1C. The van der Waals surface area contributed by atoms with Crippen LogP contribution < -0.4 is 4.72 Å². The smallest absolute Gasteiger partial charge is 0.229 e. The molecule has 0 aromatic carbocycles. The Kier molecular flexibility index (Phi) is 3.01. The van der Waals surface area contributed by atoms with E-state index in [0.717, 1.165) is 11.8 Å². The van der Waals surface area contributed by atoms with Gasteiger partial charge in [-0.05, 0) is 25.5 Å². The lowest BCUT2D eigenvalue weighted by atomic mass is 10.2. The van der Waals surface area contributed by atoms with Gasteiger partial charge in [0.2, 0.25) is 10.0 Å². The minimum atomic E-state index is -3.27. The fraction of sp³-hybridized carbons (Fsp3) is 0.375. The second kappa shape index (κ2) is 3.74. The molecule has 1 rings (SSSR count). The van der Waals surface area contributed by atoms with Crippen molar-refractivity contribution in [2.45, 2.75) is 13.8 Å². The van der Waals surface area contributed by atoms with Gasteiger partial charge in [0.25, 0.3) is 0 Å². The molecule has 1 N–H and O–H groups in total. The van der Waals surface area contributed by atoms with E-state index in [9.17, 15) is 8.42 Å². The monoisotopic (exact) mass is 234 g/mol. The first-order chi connectivity index (χ1) is 6.29. The van der Waals surface area contributed by atoms with E-state index in [0.29, 0.717) is 11.4 Å². The fourth-order valence-corrected chi connectivity index (χ4v) is 1.85. The molecule has 0 radical (unpaired) electrons. The minimum absolute atomic E-state index is 0.277. The first kappa shape index (κ1) is 11.3. The van der Waals surface area contributed by atoms with Gasteiger partial charge in [0.15, 0.2) is 0 Å². The Bertz CT molecular complexity index is 457. The van der Waals surface area contributed by atoms with E-state index in [4.69, 9.17) is 11.6 Å². The molecular weight excluding hydrogens is 224 g/mol. The minimum Gasteiger partial charge on any atom is -0.283 e. The molecule has 0 saturated heterocycles. The van der Waals surface area contributed by atoms with E-state index in [2.05, 4.69) is 9.71 Å². The third kappa shape index (κ3) is 2.85. The first-order valence-corrected chi connectivity index (χ1v) is 6.18. The van der Waals surface area contributed by atoms with Crippen molar-refractivity contribution in [1.29, 1.82) is 0 Å². The van der Waals surface area contributed by atoms with Crippen LogP contribution in [0.25, 0.3) is 0 Å². The van der Waals surface area contributed by atoms with Crippen molar-refractivity contribution in [3.05, 3.63) is 22.5 Å². The summed E-state index contributed by atoms with van der Waals surface area (Å²) >= 11 is 5.71. The summed E-state index contributed by atoms with van der Waals surface area (Å²) in [4.78, 5) is 3.99. The van der Waals surface area contributed by atoms with Crippen LogP contribution in [0.5, 0.6) is 0 Å². The highest BCUT2D eigenvalue weighted by atomic mass is 35.5. The van der Waals surface area contributed by atoms with Crippen molar-refractivity contribution in [2.24, 2.45) is 0 Å². The normalized spacial score (nSPS) is 11.4. The number of sulfonamides is 1. The molecule has 0 saturated carbocycles. The quantitative estimate of drug-likeness (QED) is 0.793. The molecule has 0 aliphatic heterocycles. The molecule has 4 nitrogen and oxygen atoms in total. The topological polar surface area (TPSA) is 59.1 Å². The number of rotatable bonds is 2. The van der Waals surface area contributed by atoms with E-state index in [1.807, 2.05) is 0 Å². The highest BCUT2D eigenvalue weighted by molar-refractivity contribution is 7.92. The zero-order valence-corrected chi connectivity index (χ0v) is 9.70. The number of hydrogen-bond donors (Lipinski definition) is 1. The van der Waals surface area contributed by atoms with Crippen molar-refractivity contribution in [2.75, 3.05) is 11.0 Å². The van der Waals surface area contributed by atoms with Gasteiger partial charge >= 0.3 is 0 Å². The number of pyridine rings is 1. The molecule has 78 valence electrons. The van der Waals surface area contributed by atoms with Gasteiger partial charge in [-0.2, -0.15) is 0 Å². The van der Waals surface area contributed by atoms with Crippen LogP contribution >= 0.6 is 11.6 Å². The van der Waals surface area contributed by atoms with E-state index in [1.54, 1.807) is 13.8 Å². The number of halogens is 1. The van der Waals surface area contributed by atoms with Gasteiger partial charge in [0, 0.05) is 5.69 Å². The lowest BCUT2D eigenvalue weighted by molar-refractivity contribution is 0.607. The zero-order chi connectivity index (χ0) is 10.9. The molecule has 1 heterocycles. The van der Waals surface area contributed by atoms with E-state index >= 15 is 0 Å². The van der Waals surface area contributed by atoms with Crippen LogP contribution in [-0.4, -0.2) is 19.7 Å². The van der Waals surface area contributed by atoms with Crippen LogP contribution in [0.15, 0.2) is 6.07 Å². The number of aryl methyl sites for hydroxylation is 1. The molecule has 1 aromatic rings. The van der Waals surface area contributed by atoms with Gasteiger partial charge in [-0.15, -0.1) is 0 Å². The number of nitrogens with zero attached hydrogens (tertiary/aromatic N) is 1. The lowest BCUT2D eigenvalue weighted by Crippen LogP contribution is -2.11. The Morgan fingerprint density at radius 3 is 2.50 bits per heavy atom. The summed E-state index contributed by atoms with van der Waals surface area (Å²) in [6.07, 6.45) is 1.09.